The van der Waals surface area contributed by atoms with Gasteiger partial charge in [0, 0.05) is 18.0 Å². The van der Waals surface area contributed by atoms with Crippen molar-refractivity contribution in [3.05, 3.63) is 29.1 Å². The molecule has 3 fully saturated rings. The number of phosphoric acid groups is 2. The molecule has 2 bridgehead atoms. The zero-order chi connectivity index (χ0) is 35.5. The molecule has 5 heterocycles. The van der Waals surface area contributed by atoms with Gasteiger partial charge in [-0.05, 0) is 31.0 Å². The van der Waals surface area contributed by atoms with Gasteiger partial charge < -0.3 is 35.7 Å². The SMILES string of the molecule is CC(C)(C)[Si](C)(C)O[C@H]1[C@H]2OP(=O)(O)OC[C@H]3C[C@@H](Nc4cc(N)ncn4)C[C@@H]3OP(=O)(O)OC[C@H]1O[C@H]2n1cnc2c(=O)[nH]c(N)nc21. The number of imidazole rings is 1. The Kier molecular flexibility index (Phi) is 9.59. The Morgan fingerprint density at radius 3 is 2.49 bits per heavy atom. The summed E-state index contributed by atoms with van der Waals surface area (Å²) in [4.78, 5) is 53.4. The molecule has 0 spiro atoms. The molecular formula is C26H41N9O11P2Si. The lowest BCUT2D eigenvalue weighted by Crippen LogP contribution is -2.50. The normalized spacial score (nSPS) is 34.6. The molecule has 20 nitrogen and oxygen atoms in total. The van der Waals surface area contributed by atoms with Crippen molar-refractivity contribution in [1.82, 2.24) is 29.5 Å². The number of phosphoric ester groups is 2. The summed E-state index contributed by atoms with van der Waals surface area (Å²) >= 11 is 0. The lowest BCUT2D eigenvalue weighted by Gasteiger charge is -2.40. The summed E-state index contributed by atoms with van der Waals surface area (Å²) in [5, 5.41) is 2.83. The Balaban J connectivity index is 1.35. The van der Waals surface area contributed by atoms with Crippen molar-refractivity contribution in [2.24, 2.45) is 5.92 Å². The van der Waals surface area contributed by atoms with Crippen LogP contribution >= 0.6 is 15.6 Å². The number of nitrogen functional groups attached to an aromatic ring is 2. The smallest absolute Gasteiger partial charge is 0.408 e. The van der Waals surface area contributed by atoms with Gasteiger partial charge in [0.15, 0.2) is 25.7 Å². The molecular weight excluding hydrogens is 704 g/mol. The monoisotopic (exact) mass is 745 g/mol. The highest BCUT2D eigenvalue weighted by Crippen LogP contribution is 2.55. The van der Waals surface area contributed by atoms with E-state index in [0.717, 1.165) is 0 Å². The standard InChI is InChI=1S/C26H41N9O11P2Si/c1-26(2,3)49(4,5)46-20-16-10-42-47(37,38)44-15-7-14(32-18-8-17(27)29-11-30-18)6-13(15)9-41-48(39,40)45-21(20)24(43-16)35-12-31-19-22(35)33-25(28)34-23(19)36/h8,11-16,20-21,24H,6-7,9-10H2,1-5H3,(H,37,38)(H,39,40)(H3,27,29,30,32)(H3,28,33,34,36)/t13-,14-,15+,16-,20-,21-,24-/m1/s1. The first-order valence-corrected chi connectivity index (χ1v) is 21.4. The molecule has 9 atom stereocenters. The first-order chi connectivity index (χ1) is 22.8. The molecule has 1 aliphatic carbocycles. The molecule has 2 aliphatic heterocycles. The summed E-state index contributed by atoms with van der Waals surface area (Å²) in [6.45, 7) is 8.96. The van der Waals surface area contributed by atoms with E-state index < -0.39 is 72.7 Å². The molecule has 0 amide bonds. The van der Waals surface area contributed by atoms with Crippen LogP contribution in [0.25, 0.3) is 11.2 Å². The second-order valence-electron chi connectivity index (χ2n) is 13.8. The summed E-state index contributed by atoms with van der Waals surface area (Å²) < 4.78 is 64.1. The summed E-state index contributed by atoms with van der Waals surface area (Å²) in [5.74, 6) is -0.192. The molecule has 0 radical (unpaired) electrons. The maximum absolute atomic E-state index is 13.7. The predicted octanol–water partition coefficient (Wildman–Crippen LogP) is 2.27. The molecule has 3 aromatic rings. The minimum atomic E-state index is -4.91. The van der Waals surface area contributed by atoms with Gasteiger partial charge in [-0.15, -0.1) is 0 Å². The van der Waals surface area contributed by atoms with Crippen molar-refractivity contribution in [3.8, 4) is 0 Å². The zero-order valence-electron chi connectivity index (χ0n) is 27.5. The largest absolute Gasteiger partial charge is 0.472 e. The van der Waals surface area contributed by atoms with Crippen molar-refractivity contribution >= 4 is 52.7 Å². The van der Waals surface area contributed by atoms with Gasteiger partial charge in [-0.25, -0.2) is 24.1 Å². The average molecular weight is 746 g/mol. The van der Waals surface area contributed by atoms with E-state index in [1.165, 1.54) is 23.3 Å². The van der Waals surface area contributed by atoms with Gasteiger partial charge >= 0.3 is 15.6 Å². The number of nitrogens with zero attached hydrogens (tertiary/aromatic N) is 5. The number of fused-ring (bicyclic) bond motifs is 4. The third kappa shape index (κ3) is 7.76. The van der Waals surface area contributed by atoms with Gasteiger partial charge in [-0.3, -0.25) is 32.4 Å². The number of rotatable bonds is 5. The van der Waals surface area contributed by atoms with Gasteiger partial charge in [0.2, 0.25) is 5.95 Å². The molecule has 23 heteroatoms. The van der Waals surface area contributed by atoms with E-state index in [9.17, 15) is 23.7 Å². The summed E-state index contributed by atoms with van der Waals surface area (Å²) in [7, 11) is -12.4. The van der Waals surface area contributed by atoms with E-state index in [1.807, 2.05) is 33.9 Å². The fourth-order valence-electron chi connectivity index (χ4n) is 5.88. The summed E-state index contributed by atoms with van der Waals surface area (Å²) in [6, 6.07) is 1.18. The molecule has 6 rings (SSSR count). The number of hydrogen-bond donors (Lipinski definition) is 6. The van der Waals surface area contributed by atoms with Crippen LogP contribution in [0.15, 0.2) is 23.5 Å². The van der Waals surface area contributed by atoms with Gasteiger partial charge in [0.25, 0.3) is 5.56 Å². The maximum Gasteiger partial charge on any atom is 0.472 e. The van der Waals surface area contributed by atoms with Crippen LogP contribution in [0.2, 0.25) is 18.1 Å². The van der Waals surface area contributed by atoms with Gasteiger partial charge in [0.05, 0.1) is 25.6 Å². The molecule has 2 saturated heterocycles. The van der Waals surface area contributed by atoms with Crippen LogP contribution in [0.1, 0.15) is 39.8 Å². The predicted molar refractivity (Wildman–Crippen MR) is 176 cm³/mol. The summed E-state index contributed by atoms with van der Waals surface area (Å²) in [6.07, 6.45) is -2.88. The van der Waals surface area contributed by atoms with Crippen LogP contribution in [0.4, 0.5) is 17.6 Å². The molecule has 270 valence electrons. The molecule has 3 aliphatic rings. The van der Waals surface area contributed by atoms with Crippen LogP contribution in [0.5, 0.6) is 0 Å². The van der Waals surface area contributed by atoms with Crippen molar-refractivity contribution in [2.75, 3.05) is 30.0 Å². The Morgan fingerprint density at radius 1 is 1.06 bits per heavy atom. The van der Waals surface area contributed by atoms with Crippen LogP contribution in [0, 0.1) is 5.92 Å². The number of aromatic nitrogens is 6. The lowest BCUT2D eigenvalue weighted by atomic mass is 10.1. The minimum absolute atomic E-state index is 0.00347. The minimum Gasteiger partial charge on any atom is -0.408 e. The zero-order valence-corrected chi connectivity index (χ0v) is 30.2. The van der Waals surface area contributed by atoms with Crippen molar-refractivity contribution < 1.29 is 46.2 Å². The van der Waals surface area contributed by atoms with E-state index in [-0.39, 0.29) is 47.0 Å². The van der Waals surface area contributed by atoms with Crippen LogP contribution in [-0.4, -0.2) is 91.3 Å². The van der Waals surface area contributed by atoms with Gasteiger partial charge in [0.1, 0.15) is 36.3 Å². The first kappa shape index (κ1) is 36.0. The third-order valence-electron chi connectivity index (χ3n) is 9.29. The Morgan fingerprint density at radius 2 is 1.78 bits per heavy atom. The molecule has 49 heavy (non-hydrogen) atoms. The highest BCUT2D eigenvalue weighted by molar-refractivity contribution is 7.47. The Bertz CT molecular complexity index is 1860. The molecule has 3 aromatic heterocycles. The van der Waals surface area contributed by atoms with E-state index in [0.29, 0.717) is 12.2 Å². The first-order valence-electron chi connectivity index (χ1n) is 15.5. The molecule has 0 aromatic carbocycles. The average Bonchev–Trinajstić information content (AvgIpc) is 3.65. The van der Waals surface area contributed by atoms with Gasteiger partial charge in [-0.2, -0.15) is 4.98 Å². The van der Waals surface area contributed by atoms with Crippen molar-refractivity contribution in [1.29, 1.82) is 0 Å². The van der Waals surface area contributed by atoms with Crippen LogP contribution < -0.4 is 22.3 Å². The molecule has 2 unspecified atom stereocenters. The van der Waals surface area contributed by atoms with Crippen LogP contribution in [0.3, 0.4) is 0 Å². The number of hydrogen-bond acceptors (Lipinski definition) is 16. The van der Waals surface area contributed by atoms with Crippen molar-refractivity contribution in [2.45, 2.75) is 88.4 Å². The number of ether oxygens (including phenoxy) is 1. The van der Waals surface area contributed by atoms with Gasteiger partial charge in [-0.1, -0.05) is 20.8 Å². The number of nitrogens with two attached hydrogens (primary N) is 2. The third-order valence-corrected chi connectivity index (χ3v) is 15.8. The van der Waals surface area contributed by atoms with E-state index in [4.69, 9.17) is 38.7 Å². The number of anilines is 3. The van der Waals surface area contributed by atoms with Crippen molar-refractivity contribution in [3.63, 3.8) is 0 Å². The number of H-pyrrole nitrogens is 1. The summed E-state index contributed by atoms with van der Waals surface area (Å²) in [5.41, 5.74) is 10.9. The molecule has 1 saturated carbocycles. The fourth-order valence-corrected chi connectivity index (χ4v) is 9.17. The second kappa shape index (κ2) is 13.1. The maximum atomic E-state index is 13.7. The highest BCUT2D eigenvalue weighted by atomic mass is 31.2. The Labute approximate surface area is 281 Å². The topological polar surface area (TPSA) is 283 Å². The molecule has 8 N–H and O–H groups in total. The lowest BCUT2D eigenvalue weighted by molar-refractivity contribution is -0.0558. The number of nitrogens with one attached hydrogen (secondary N) is 2. The van der Waals surface area contributed by atoms with Crippen LogP contribution in [-0.2, 0) is 36.4 Å². The Hall–Kier alpha value is -2.81. The highest BCUT2D eigenvalue weighted by Gasteiger charge is 2.55. The fraction of sp³-hybridized carbons (Fsp3) is 0.654. The quantitative estimate of drug-likeness (QED) is 0.161. The number of aromatic amines is 1. The second-order valence-corrected chi connectivity index (χ2v) is 21.4. The van der Waals surface area contributed by atoms with E-state index >= 15 is 0 Å². The van der Waals surface area contributed by atoms with E-state index in [1.54, 1.807) is 0 Å². The van der Waals surface area contributed by atoms with E-state index in [2.05, 4.69) is 30.2 Å².